The molecule has 1 saturated heterocycles. The molecule has 1 aliphatic carbocycles. The number of carbonyl (C=O) groups is 3. The van der Waals surface area contributed by atoms with Gasteiger partial charge in [0.1, 0.15) is 11.6 Å². The van der Waals surface area contributed by atoms with Crippen molar-refractivity contribution in [2.24, 2.45) is 5.92 Å². The second-order valence-corrected chi connectivity index (χ2v) is 10.7. The molecule has 0 aromatic heterocycles. The lowest BCUT2D eigenvalue weighted by Crippen LogP contribution is -2.36. The van der Waals surface area contributed by atoms with Crippen LogP contribution in [-0.2, 0) is 11.3 Å². The van der Waals surface area contributed by atoms with Crippen LogP contribution in [0.4, 0.5) is 20.2 Å². The minimum absolute atomic E-state index is 0.0161. The van der Waals surface area contributed by atoms with Crippen LogP contribution in [0.3, 0.4) is 0 Å². The number of benzene rings is 3. The molecular formula is C32H34F2N4O3. The lowest BCUT2D eigenvalue weighted by molar-refractivity contribution is -0.119. The van der Waals surface area contributed by atoms with Crippen molar-refractivity contribution in [2.75, 3.05) is 36.4 Å². The van der Waals surface area contributed by atoms with Crippen LogP contribution in [0, 0.1) is 17.6 Å². The molecule has 3 aromatic rings. The second-order valence-electron chi connectivity index (χ2n) is 10.7. The highest BCUT2D eigenvalue weighted by molar-refractivity contribution is 6.02. The summed E-state index contributed by atoms with van der Waals surface area (Å²) in [4.78, 5) is 43.1. The number of rotatable bonds is 7. The molecule has 214 valence electrons. The summed E-state index contributed by atoms with van der Waals surface area (Å²) in [7, 11) is 0. The molecule has 7 nitrogen and oxygen atoms in total. The number of hydrogen-bond acceptors (Lipinski definition) is 4. The van der Waals surface area contributed by atoms with Gasteiger partial charge in [0, 0.05) is 55.6 Å². The van der Waals surface area contributed by atoms with E-state index in [4.69, 9.17) is 0 Å². The van der Waals surface area contributed by atoms with Crippen molar-refractivity contribution in [2.45, 2.75) is 38.6 Å². The van der Waals surface area contributed by atoms with Crippen LogP contribution in [0.2, 0.25) is 0 Å². The van der Waals surface area contributed by atoms with E-state index in [1.807, 2.05) is 6.07 Å². The molecule has 0 bridgehead atoms. The maximum atomic E-state index is 13.7. The molecule has 41 heavy (non-hydrogen) atoms. The Bertz CT molecular complexity index is 1410. The zero-order valence-electron chi connectivity index (χ0n) is 22.9. The van der Waals surface area contributed by atoms with Gasteiger partial charge in [0.05, 0.1) is 5.56 Å². The Balaban J connectivity index is 1.34. The van der Waals surface area contributed by atoms with Gasteiger partial charge in [-0.05, 0) is 73.4 Å². The first-order valence-corrected chi connectivity index (χ1v) is 14.1. The average Bonchev–Trinajstić information content (AvgIpc) is 3.42. The van der Waals surface area contributed by atoms with E-state index in [-0.39, 0.29) is 36.0 Å². The van der Waals surface area contributed by atoms with Gasteiger partial charge >= 0.3 is 0 Å². The van der Waals surface area contributed by atoms with Gasteiger partial charge in [-0.3, -0.25) is 14.4 Å². The Kier molecular flexibility index (Phi) is 8.91. The van der Waals surface area contributed by atoms with Crippen LogP contribution in [0.15, 0.2) is 66.7 Å². The van der Waals surface area contributed by atoms with E-state index in [0.29, 0.717) is 55.1 Å². The van der Waals surface area contributed by atoms with E-state index < -0.39 is 5.82 Å². The van der Waals surface area contributed by atoms with E-state index in [9.17, 15) is 23.2 Å². The fraction of sp³-hybridized carbons (Fsp3) is 0.344. The molecule has 0 spiro atoms. The number of hydrogen-bond donors (Lipinski definition) is 2. The molecule has 9 heteroatoms. The van der Waals surface area contributed by atoms with E-state index in [1.165, 1.54) is 30.3 Å². The molecule has 2 fully saturated rings. The topological polar surface area (TPSA) is 81.8 Å². The minimum atomic E-state index is -0.455. The first kappa shape index (κ1) is 28.3. The zero-order chi connectivity index (χ0) is 28.8. The third-order valence-corrected chi connectivity index (χ3v) is 7.80. The predicted octanol–water partition coefficient (Wildman–Crippen LogP) is 5.38. The normalized spacial score (nSPS) is 15.9. The molecule has 0 atom stereocenters. The zero-order valence-corrected chi connectivity index (χ0v) is 22.9. The van der Waals surface area contributed by atoms with Crippen LogP contribution in [0.25, 0.3) is 0 Å². The molecule has 1 aliphatic heterocycles. The highest BCUT2D eigenvalue weighted by atomic mass is 19.1. The molecule has 3 amide bonds. The van der Waals surface area contributed by atoms with Crippen LogP contribution in [0.5, 0.6) is 0 Å². The summed E-state index contributed by atoms with van der Waals surface area (Å²) in [6.45, 7) is 2.22. The van der Waals surface area contributed by atoms with Gasteiger partial charge in [-0.25, -0.2) is 8.78 Å². The lowest BCUT2D eigenvalue weighted by Gasteiger charge is -2.26. The minimum Gasteiger partial charge on any atom is -0.369 e. The van der Waals surface area contributed by atoms with E-state index in [1.54, 1.807) is 35.2 Å². The Morgan fingerprint density at radius 2 is 1.59 bits per heavy atom. The summed E-state index contributed by atoms with van der Waals surface area (Å²) in [5.41, 5.74) is 2.71. The Labute approximate surface area is 238 Å². The van der Waals surface area contributed by atoms with Gasteiger partial charge in [-0.1, -0.05) is 31.0 Å². The number of halogens is 2. The lowest BCUT2D eigenvalue weighted by atomic mass is 10.1. The quantitative estimate of drug-likeness (QED) is 0.407. The number of amides is 3. The van der Waals surface area contributed by atoms with Gasteiger partial charge in [0.2, 0.25) is 5.91 Å². The summed E-state index contributed by atoms with van der Waals surface area (Å²) in [6, 6.07) is 17.0. The van der Waals surface area contributed by atoms with Gasteiger partial charge in [-0.2, -0.15) is 0 Å². The number of nitrogens with zero attached hydrogens (tertiary/aromatic N) is 2. The van der Waals surface area contributed by atoms with Crippen molar-refractivity contribution >= 4 is 29.1 Å². The van der Waals surface area contributed by atoms with Crippen molar-refractivity contribution in [3.63, 3.8) is 0 Å². The fourth-order valence-electron chi connectivity index (χ4n) is 5.55. The monoisotopic (exact) mass is 560 g/mol. The largest absolute Gasteiger partial charge is 0.369 e. The smallest absolute Gasteiger partial charge is 0.254 e. The molecule has 0 unspecified atom stereocenters. The first-order valence-electron chi connectivity index (χ1n) is 14.1. The SMILES string of the molecule is O=C(NCc1ccc(F)cc1)c1cc(NC(=O)C2CCCC2)ccc1N1CCCN(C(=O)c2cccc(F)c2)CC1. The fourth-order valence-corrected chi connectivity index (χ4v) is 5.55. The number of anilines is 2. The summed E-state index contributed by atoms with van der Waals surface area (Å²) in [5.74, 6) is -1.40. The molecule has 2 aliphatic rings. The average molecular weight is 561 g/mol. The van der Waals surface area contributed by atoms with Gasteiger partial charge in [-0.15, -0.1) is 0 Å². The van der Waals surface area contributed by atoms with Crippen LogP contribution >= 0.6 is 0 Å². The van der Waals surface area contributed by atoms with E-state index >= 15 is 0 Å². The van der Waals surface area contributed by atoms with Crippen molar-refractivity contribution in [1.82, 2.24) is 10.2 Å². The summed E-state index contributed by atoms with van der Waals surface area (Å²) >= 11 is 0. The number of nitrogens with one attached hydrogen (secondary N) is 2. The highest BCUT2D eigenvalue weighted by Gasteiger charge is 2.26. The molecule has 5 rings (SSSR count). The third-order valence-electron chi connectivity index (χ3n) is 7.80. The van der Waals surface area contributed by atoms with Crippen molar-refractivity contribution in [3.8, 4) is 0 Å². The molecule has 3 aromatic carbocycles. The molecule has 0 radical (unpaired) electrons. The van der Waals surface area contributed by atoms with Crippen molar-refractivity contribution < 1.29 is 23.2 Å². The van der Waals surface area contributed by atoms with Crippen LogP contribution in [-0.4, -0.2) is 48.8 Å². The van der Waals surface area contributed by atoms with Gasteiger partial charge in [0.15, 0.2) is 0 Å². The summed E-state index contributed by atoms with van der Waals surface area (Å²) in [6.07, 6.45) is 4.49. The maximum absolute atomic E-state index is 13.7. The predicted molar refractivity (Wildman–Crippen MR) is 154 cm³/mol. The van der Waals surface area contributed by atoms with Crippen molar-refractivity contribution in [3.05, 3.63) is 95.1 Å². The van der Waals surface area contributed by atoms with E-state index in [0.717, 1.165) is 31.2 Å². The number of carbonyl (C=O) groups excluding carboxylic acids is 3. The molecular weight excluding hydrogens is 526 g/mol. The Morgan fingerprint density at radius 3 is 2.34 bits per heavy atom. The third kappa shape index (κ3) is 7.09. The van der Waals surface area contributed by atoms with Crippen molar-refractivity contribution in [1.29, 1.82) is 0 Å². The Hall–Kier alpha value is -4.27. The second kappa shape index (κ2) is 12.9. The maximum Gasteiger partial charge on any atom is 0.254 e. The standard InChI is InChI=1S/C32H34F2N4O3/c33-25-11-9-22(10-12-25)21-35-31(40)28-20-27(36-30(39)23-5-1-2-6-23)13-14-29(28)37-15-4-16-38(18-17-37)32(41)24-7-3-8-26(34)19-24/h3,7-14,19-20,23H,1-2,4-6,15-18,21H2,(H,35,40)(H,36,39). The molecule has 1 heterocycles. The van der Waals surface area contributed by atoms with Gasteiger partial charge < -0.3 is 20.4 Å². The Morgan fingerprint density at radius 1 is 0.805 bits per heavy atom. The summed E-state index contributed by atoms with van der Waals surface area (Å²) in [5, 5.41) is 5.90. The van der Waals surface area contributed by atoms with Crippen LogP contribution < -0.4 is 15.5 Å². The first-order chi connectivity index (χ1) is 19.9. The van der Waals surface area contributed by atoms with E-state index in [2.05, 4.69) is 15.5 Å². The molecule has 1 saturated carbocycles. The summed E-state index contributed by atoms with van der Waals surface area (Å²) < 4.78 is 27.0. The van der Waals surface area contributed by atoms with Crippen LogP contribution in [0.1, 0.15) is 58.4 Å². The van der Waals surface area contributed by atoms with Gasteiger partial charge in [0.25, 0.3) is 11.8 Å². The highest BCUT2D eigenvalue weighted by Crippen LogP contribution is 2.29. The molecule has 2 N–H and O–H groups in total.